The molecule has 1 aliphatic rings. The van der Waals surface area contributed by atoms with Gasteiger partial charge < -0.3 is 14.6 Å². The molecule has 6 heteroatoms. The van der Waals surface area contributed by atoms with Gasteiger partial charge in [-0.1, -0.05) is 44.3 Å². The fourth-order valence-corrected chi connectivity index (χ4v) is 7.21. The highest BCUT2D eigenvalue weighted by Crippen LogP contribution is 2.51. The average molecular weight is 429 g/mol. The zero-order valence-electron chi connectivity index (χ0n) is 17.1. The highest BCUT2D eigenvalue weighted by atomic mass is 32.2. The molecule has 3 nitrogen and oxygen atoms in total. The van der Waals surface area contributed by atoms with E-state index >= 15 is 0 Å². The molecule has 1 fully saturated rings. The van der Waals surface area contributed by atoms with Crippen LogP contribution in [0.2, 0.25) is 25.7 Å². The number of thioether (sulfide) groups is 2. The first-order chi connectivity index (χ1) is 12.9. The molecule has 1 aromatic rings. The Hall–Kier alpha value is 0.0169. The Morgan fingerprint density at radius 2 is 2.00 bits per heavy atom. The molecule has 1 saturated heterocycles. The third kappa shape index (κ3) is 9.37. The molecule has 0 amide bonds. The molecule has 2 atom stereocenters. The fourth-order valence-electron chi connectivity index (χ4n) is 3.13. The third-order valence-corrected chi connectivity index (χ3v) is 9.69. The molecule has 0 aliphatic carbocycles. The molecule has 154 valence electrons. The maximum absolute atomic E-state index is 9.52. The number of hydrogen-bond acceptors (Lipinski definition) is 5. The van der Waals surface area contributed by atoms with Gasteiger partial charge in [0.25, 0.3) is 0 Å². The maximum Gasteiger partial charge on any atom is 0.147 e. The largest absolute Gasteiger partial charge is 0.396 e. The van der Waals surface area contributed by atoms with E-state index in [1.807, 2.05) is 11.8 Å². The number of aliphatic hydroxyl groups excluding tert-OH is 1. The highest BCUT2D eigenvalue weighted by molar-refractivity contribution is 8.18. The van der Waals surface area contributed by atoms with Crippen LogP contribution in [-0.2, 0) is 9.47 Å². The minimum Gasteiger partial charge on any atom is -0.396 e. The van der Waals surface area contributed by atoms with Gasteiger partial charge in [-0.2, -0.15) is 0 Å². The predicted molar refractivity (Wildman–Crippen MR) is 122 cm³/mol. The molecule has 27 heavy (non-hydrogen) atoms. The SMILES string of the molecule is C[Si](C)(C)CCOCO[C@H](CCO)C[C@@]1(Sc2ccccc2)CCCCS1. The lowest BCUT2D eigenvalue weighted by atomic mass is 10.1. The summed E-state index contributed by atoms with van der Waals surface area (Å²) in [6.45, 7) is 8.35. The van der Waals surface area contributed by atoms with Crippen molar-refractivity contribution in [2.75, 3.05) is 25.8 Å². The minimum atomic E-state index is -1.07. The van der Waals surface area contributed by atoms with Gasteiger partial charge >= 0.3 is 0 Å². The number of rotatable bonds is 12. The van der Waals surface area contributed by atoms with Crippen LogP contribution in [0.3, 0.4) is 0 Å². The standard InChI is InChI=1S/C21H36O3S2Si/c1-27(2,3)16-14-23-18-24-19(11-13-22)17-21(12-7-8-15-25-21)26-20-9-5-4-6-10-20/h4-6,9-10,19,22H,7-8,11-18H2,1-3H3/t19-,21+/m1/s1. The Bertz CT molecular complexity index is 516. The third-order valence-electron chi connectivity index (χ3n) is 4.74. The Morgan fingerprint density at radius 1 is 1.22 bits per heavy atom. The smallest absolute Gasteiger partial charge is 0.147 e. The topological polar surface area (TPSA) is 38.7 Å². The normalized spacial score (nSPS) is 21.9. The number of hydrogen-bond donors (Lipinski definition) is 1. The minimum absolute atomic E-state index is 0.0451. The van der Waals surface area contributed by atoms with Gasteiger partial charge in [-0.3, -0.25) is 0 Å². The second-order valence-electron chi connectivity index (χ2n) is 8.47. The van der Waals surface area contributed by atoms with Crippen molar-refractivity contribution in [3.63, 3.8) is 0 Å². The molecule has 1 heterocycles. The number of aliphatic hydroxyl groups is 1. The van der Waals surface area contributed by atoms with E-state index in [1.54, 1.807) is 0 Å². The van der Waals surface area contributed by atoms with E-state index < -0.39 is 8.07 Å². The number of ether oxygens (including phenoxy) is 2. The van der Waals surface area contributed by atoms with Crippen LogP contribution in [0.4, 0.5) is 0 Å². The van der Waals surface area contributed by atoms with E-state index in [2.05, 4.69) is 61.7 Å². The zero-order chi connectivity index (χ0) is 19.6. The summed E-state index contributed by atoms with van der Waals surface area (Å²) >= 11 is 4.05. The first-order valence-corrected chi connectivity index (χ1v) is 15.6. The Labute approximate surface area is 175 Å². The van der Waals surface area contributed by atoms with E-state index in [4.69, 9.17) is 9.47 Å². The average Bonchev–Trinajstić information content (AvgIpc) is 2.62. The molecule has 0 bridgehead atoms. The molecule has 0 spiro atoms. The molecule has 0 unspecified atom stereocenters. The Kier molecular flexibility index (Phi) is 10.3. The van der Waals surface area contributed by atoms with Crippen LogP contribution < -0.4 is 0 Å². The van der Waals surface area contributed by atoms with E-state index in [9.17, 15) is 5.11 Å². The summed E-state index contributed by atoms with van der Waals surface area (Å²) in [6.07, 6.45) is 5.44. The van der Waals surface area contributed by atoms with Gasteiger partial charge in [-0.25, -0.2) is 0 Å². The van der Waals surface area contributed by atoms with Crippen LogP contribution in [0, 0.1) is 0 Å². The van der Waals surface area contributed by atoms with Crippen LogP contribution in [0.5, 0.6) is 0 Å². The van der Waals surface area contributed by atoms with Gasteiger partial charge in [0.15, 0.2) is 0 Å². The van der Waals surface area contributed by atoms with Crippen LogP contribution in [0.25, 0.3) is 0 Å². The fraction of sp³-hybridized carbons (Fsp3) is 0.714. The van der Waals surface area contributed by atoms with Crippen molar-refractivity contribution in [3.8, 4) is 0 Å². The molecule has 0 saturated carbocycles. The quantitative estimate of drug-likeness (QED) is 0.256. The molecule has 1 aliphatic heterocycles. The van der Waals surface area contributed by atoms with Gasteiger partial charge in [-0.15, -0.1) is 23.5 Å². The second-order valence-corrected chi connectivity index (χ2v) is 17.3. The summed E-state index contributed by atoms with van der Waals surface area (Å²) in [5, 5.41) is 9.52. The van der Waals surface area contributed by atoms with Crippen LogP contribution in [0.1, 0.15) is 32.1 Å². The Morgan fingerprint density at radius 3 is 2.63 bits per heavy atom. The van der Waals surface area contributed by atoms with Crippen molar-refractivity contribution >= 4 is 31.6 Å². The molecule has 1 aromatic carbocycles. The summed E-state index contributed by atoms with van der Waals surface area (Å²) in [6, 6.07) is 11.8. The van der Waals surface area contributed by atoms with E-state index in [-0.39, 0.29) is 16.8 Å². The van der Waals surface area contributed by atoms with Crippen molar-refractivity contribution in [2.24, 2.45) is 0 Å². The van der Waals surface area contributed by atoms with Gasteiger partial charge in [0.2, 0.25) is 0 Å². The van der Waals surface area contributed by atoms with Crippen molar-refractivity contribution < 1.29 is 14.6 Å². The summed E-state index contributed by atoms with van der Waals surface area (Å²) in [7, 11) is -1.07. The lowest BCUT2D eigenvalue weighted by Gasteiger charge is -2.38. The van der Waals surface area contributed by atoms with Crippen molar-refractivity contribution in [1.29, 1.82) is 0 Å². The van der Waals surface area contributed by atoms with Gasteiger partial charge in [0, 0.05) is 26.2 Å². The van der Waals surface area contributed by atoms with Gasteiger partial charge in [0.05, 0.1) is 10.2 Å². The Balaban J connectivity index is 1.90. The lowest BCUT2D eigenvalue weighted by Crippen LogP contribution is -2.32. The maximum atomic E-state index is 9.52. The lowest BCUT2D eigenvalue weighted by molar-refractivity contribution is -0.0941. The molecular weight excluding hydrogens is 392 g/mol. The molecule has 0 aromatic heterocycles. The van der Waals surface area contributed by atoms with Gasteiger partial charge in [0.1, 0.15) is 6.79 Å². The zero-order valence-corrected chi connectivity index (χ0v) is 19.7. The highest BCUT2D eigenvalue weighted by Gasteiger charge is 2.36. The summed E-state index contributed by atoms with van der Waals surface area (Å²) in [5.74, 6) is 1.21. The van der Waals surface area contributed by atoms with Crippen molar-refractivity contribution in [2.45, 2.75) is 72.9 Å². The predicted octanol–water partition coefficient (Wildman–Crippen LogP) is 5.86. The summed E-state index contributed by atoms with van der Waals surface area (Å²) < 4.78 is 12.0. The van der Waals surface area contributed by atoms with E-state index in [0.29, 0.717) is 13.2 Å². The van der Waals surface area contributed by atoms with E-state index in [1.165, 1.54) is 29.9 Å². The van der Waals surface area contributed by atoms with Crippen molar-refractivity contribution in [1.82, 2.24) is 0 Å². The summed E-state index contributed by atoms with van der Waals surface area (Å²) in [4.78, 5) is 1.32. The van der Waals surface area contributed by atoms with Crippen LogP contribution in [0.15, 0.2) is 35.2 Å². The monoisotopic (exact) mass is 428 g/mol. The molecular formula is C21H36O3S2Si. The van der Waals surface area contributed by atoms with Crippen LogP contribution in [-0.4, -0.2) is 49.1 Å². The van der Waals surface area contributed by atoms with Gasteiger partial charge in [-0.05, 0) is 49.6 Å². The molecule has 0 radical (unpaired) electrons. The number of benzene rings is 1. The molecule has 2 rings (SSSR count). The first-order valence-electron chi connectivity index (χ1n) is 10.1. The second kappa shape index (κ2) is 11.9. The van der Waals surface area contributed by atoms with E-state index in [0.717, 1.165) is 19.1 Å². The molecule has 1 N–H and O–H groups in total. The first kappa shape index (κ1) is 23.3. The van der Waals surface area contributed by atoms with Crippen LogP contribution >= 0.6 is 23.5 Å². The van der Waals surface area contributed by atoms with Crippen molar-refractivity contribution in [3.05, 3.63) is 30.3 Å². The summed E-state index contributed by atoms with van der Waals surface area (Å²) in [5.41, 5.74) is 0.